The summed E-state index contributed by atoms with van der Waals surface area (Å²) >= 11 is 0. The molecule has 1 atom stereocenters. The lowest BCUT2D eigenvalue weighted by molar-refractivity contribution is -0.121. The SMILES string of the molecule is CC(Cn1cncn1)NC(=O)Cc1ccc2c(c1)CCCC2. The van der Waals surface area contributed by atoms with Gasteiger partial charge in [0.15, 0.2) is 0 Å². The van der Waals surface area contributed by atoms with Gasteiger partial charge in [0.1, 0.15) is 12.7 Å². The monoisotopic (exact) mass is 298 g/mol. The molecule has 22 heavy (non-hydrogen) atoms. The van der Waals surface area contributed by atoms with Crippen molar-refractivity contribution in [2.45, 2.75) is 51.6 Å². The summed E-state index contributed by atoms with van der Waals surface area (Å²) in [4.78, 5) is 16.1. The van der Waals surface area contributed by atoms with Crippen LogP contribution in [0.2, 0.25) is 0 Å². The molecule has 3 rings (SSSR count). The Hall–Kier alpha value is -2.17. The summed E-state index contributed by atoms with van der Waals surface area (Å²) in [5, 5.41) is 7.07. The fraction of sp³-hybridized carbons (Fsp3) is 0.471. The summed E-state index contributed by atoms with van der Waals surface area (Å²) in [7, 11) is 0. The second kappa shape index (κ2) is 6.73. The Kier molecular flexibility index (Phi) is 4.51. The van der Waals surface area contributed by atoms with Gasteiger partial charge in [0.05, 0.1) is 13.0 Å². The summed E-state index contributed by atoms with van der Waals surface area (Å²) in [5.74, 6) is 0.0587. The zero-order chi connectivity index (χ0) is 15.4. The predicted molar refractivity (Wildman–Crippen MR) is 84.4 cm³/mol. The lowest BCUT2D eigenvalue weighted by Crippen LogP contribution is -2.36. The minimum absolute atomic E-state index is 0.0341. The van der Waals surface area contributed by atoms with E-state index < -0.39 is 0 Å². The zero-order valence-electron chi connectivity index (χ0n) is 13.0. The maximum atomic E-state index is 12.2. The van der Waals surface area contributed by atoms with Gasteiger partial charge in [-0.3, -0.25) is 9.48 Å². The largest absolute Gasteiger partial charge is 0.351 e. The summed E-state index contributed by atoms with van der Waals surface area (Å²) in [5.41, 5.74) is 3.98. The first kappa shape index (κ1) is 14.8. The van der Waals surface area contributed by atoms with Crippen molar-refractivity contribution in [2.75, 3.05) is 0 Å². The molecule has 1 aromatic carbocycles. The van der Waals surface area contributed by atoms with Gasteiger partial charge in [-0.2, -0.15) is 5.10 Å². The normalized spacial score (nSPS) is 15.1. The van der Waals surface area contributed by atoms with E-state index in [4.69, 9.17) is 0 Å². The van der Waals surface area contributed by atoms with E-state index in [0.29, 0.717) is 13.0 Å². The Morgan fingerprint density at radius 2 is 2.14 bits per heavy atom. The molecule has 0 saturated heterocycles. The van der Waals surface area contributed by atoms with Crippen LogP contribution in [0.1, 0.15) is 36.5 Å². The number of carbonyl (C=O) groups excluding carboxylic acids is 1. The molecule has 1 heterocycles. The number of amides is 1. The summed E-state index contributed by atoms with van der Waals surface area (Å²) in [6.45, 7) is 2.61. The molecular formula is C17H22N4O. The van der Waals surface area contributed by atoms with Gasteiger partial charge in [-0.05, 0) is 49.3 Å². The van der Waals surface area contributed by atoms with Crippen LogP contribution in [0, 0.1) is 0 Å². The third-order valence-corrected chi connectivity index (χ3v) is 4.11. The topological polar surface area (TPSA) is 59.8 Å². The predicted octanol–water partition coefficient (Wildman–Crippen LogP) is 1.90. The number of hydrogen-bond donors (Lipinski definition) is 1. The number of hydrogen-bond acceptors (Lipinski definition) is 3. The average Bonchev–Trinajstić information content (AvgIpc) is 2.99. The third kappa shape index (κ3) is 3.72. The van der Waals surface area contributed by atoms with Crippen LogP contribution in [-0.2, 0) is 30.6 Å². The van der Waals surface area contributed by atoms with Crippen LogP contribution in [0.4, 0.5) is 0 Å². The van der Waals surface area contributed by atoms with E-state index in [-0.39, 0.29) is 11.9 Å². The number of carbonyl (C=O) groups is 1. The van der Waals surface area contributed by atoms with Crippen LogP contribution in [0.25, 0.3) is 0 Å². The molecule has 0 saturated carbocycles. The Morgan fingerprint density at radius 1 is 1.32 bits per heavy atom. The summed E-state index contributed by atoms with van der Waals surface area (Å²) in [6, 6.07) is 6.52. The average molecular weight is 298 g/mol. The first-order valence-corrected chi connectivity index (χ1v) is 7.93. The van der Waals surface area contributed by atoms with Gasteiger partial charge < -0.3 is 5.32 Å². The smallest absolute Gasteiger partial charge is 0.224 e. The molecule has 0 aliphatic heterocycles. The van der Waals surface area contributed by atoms with Crippen LogP contribution in [0.5, 0.6) is 0 Å². The van der Waals surface area contributed by atoms with Crippen LogP contribution in [0.3, 0.4) is 0 Å². The van der Waals surface area contributed by atoms with Crippen molar-refractivity contribution >= 4 is 5.91 Å². The molecule has 2 aromatic rings. The highest BCUT2D eigenvalue weighted by molar-refractivity contribution is 5.78. The minimum atomic E-state index is 0.0341. The van der Waals surface area contributed by atoms with Crippen molar-refractivity contribution < 1.29 is 4.79 Å². The van der Waals surface area contributed by atoms with Gasteiger partial charge in [0.2, 0.25) is 5.91 Å². The molecule has 1 unspecified atom stereocenters. The lowest BCUT2D eigenvalue weighted by atomic mass is 9.90. The molecule has 1 aromatic heterocycles. The number of aryl methyl sites for hydroxylation is 2. The molecule has 0 spiro atoms. The van der Waals surface area contributed by atoms with Gasteiger partial charge in [-0.1, -0.05) is 18.2 Å². The molecule has 1 N–H and O–H groups in total. The summed E-state index contributed by atoms with van der Waals surface area (Å²) < 4.78 is 1.73. The second-order valence-electron chi connectivity index (χ2n) is 6.07. The van der Waals surface area contributed by atoms with Gasteiger partial charge in [-0.15, -0.1) is 0 Å². The molecule has 1 aliphatic carbocycles. The lowest BCUT2D eigenvalue weighted by Gasteiger charge is -2.17. The van der Waals surface area contributed by atoms with Gasteiger partial charge in [-0.25, -0.2) is 4.98 Å². The summed E-state index contributed by atoms with van der Waals surface area (Å²) in [6.07, 6.45) is 8.47. The molecule has 1 amide bonds. The van der Waals surface area contributed by atoms with E-state index in [1.807, 2.05) is 6.92 Å². The molecular weight excluding hydrogens is 276 g/mol. The first-order chi connectivity index (χ1) is 10.7. The Labute approximate surface area is 130 Å². The number of rotatable bonds is 5. The van der Waals surface area contributed by atoms with Crippen molar-refractivity contribution in [3.63, 3.8) is 0 Å². The molecule has 1 aliphatic rings. The highest BCUT2D eigenvalue weighted by Gasteiger charge is 2.12. The van der Waals surface area contributed by atoms with Crippen molar-refractivity contribution in [1.82, 2.24) is 20.1 Å². The van der Waals surface area contributed by atoms with Crippen molar-refractivity contribution in [3.05, 3.63) is 47.5 Å². The van der Waals surface area contributed by atoms with Gasteiger partial charge in [0.25, 0.3) is 0 Å². The van der Waals surface area contributed by atoms with Crippen molar-refractivity contribution in [1.29, 1.82) is 0 Å². The van der Waals surface area contributed by atoms with E-state index >= 15 is 0 Å². The number of nitrogens with zero attached hydrogens (tertiary/aromatic N) is 3. The molecule has 0 bridgehead atoms. The molecule has 0 radical (unpaired) electrons. The van der Waals surface area contributed by atoms with Crippen LogP contribution in [-0.4, -0.2) is 26.7 Å². The third-order valence-electron chi connectivity index (χ3n) is 4.11. The number of fused-ring (bicyclic) bond motifs is 1. The van der Waals surface area contributed by atoms with E-state index in [0.717, 1.165) is 12.0 Å². The van der Waals surface area contributed by atoms with Crippen LogP contribution < -0.4 is 5.32 Å². The van der Waals surface area contributed by atoms with Gasteiger partial charge >= 0.3 is 0 Å². The zero-order valence-corrected chi connectivity index (χ0v) is 13.0. The van der Waals surface area contributed by atoms with Crippen molar-refractivity contribution in [2.24, 2.45) is 0 Å². The quantitative estimate of drug-likeness (QED) is 0.917. The van der Waals surface area contributed by atoms with Crippen molar-refractivity contribution in [3.8, 4) is 0 Å². The van der Waals surface area contributed by atoms with E-state index in [2.05, 4.69) is 33.6 Å². The van der Waals surface area contributed by atoms with Gasteiger partial charge in [0, 0.05) is 6.04 Å². The Balaban J connectivity index is 1.55. The fourth-order valence-electron chi connectivity index (χ4n) is 3.06. The Morgan fingerprint density at radius 3 is 2.91 bits per heavy atom. The molecule has 0 fully saturated rings. The number of aromatic nitrogens is 3. The minimum Gasteiger partial charge on any atom is -0.351 e. The van der Waals surface area contributed by atoms with Crippen LogP contribution >= 0.6 is 0 Å². The Bertz CT molecular complexity index is 636. The van der Waals surface area contributed by atoms with Crippen LogP contribution in [0.15, 0.2) is 30.9 Å². The molecule has 116 valence electrons. The van der Waals surface area contributed by atoms with E-state index in [9.17, 15) is 4.79 Å². The number of nitrogens with one attached hydrogen (secondary N) is 1. The number of benzene rings is 1. The highest BCUT2D eigenvalue weighted by Crippen LogP contribution is 2.22. The van der Waals surface area contributed by atoms with E-state index in [1.54, 1.807) is 11.0 Å². The standard InChI is InChI=1S/C17H22N4O/c1-13(10-21-12-18-11-19-21)20-17(22)9-14-6-7-15-4-2-3-5-16(15)8-14/h6-8,11-13H,2-5,9-10H2,1H3,(H,20,22). The highest BCUT2D eigenvalue weighted by atomic mass is 16.1. The molecule has 5 nitrogen and oxygen atoms in total. The van der Waals surface area contributed by atoms with E-state index in [1.165, 1.54) is 36.7 Å². The fourth-order valence-corrected chi connectivity index (χ4v) is 3.06. The maximum Gasteiger partial charge on any atom is 0.224 e. The second-order valence-corrected chi connectivity index (χ2v) is 6.07. The molecule has 5 heteroatoms. The maximum absolute atomic E-state index is 12.2. The first-order valence-electron chi connectivity index (χ1n) is 7.93.